The summed E-state index contributed by atoms with van der Waals surface area (Å²) in [6, 6.07) is 23.4. The summed E-state index contributed by atoms with van der Waals surface area (Å²) in [5, 5.41) is 10.8. The van der Waals surface area contributed by atoms with E-state index in [2.05, 4.69) is 27.6 Å². The fourth-order valence-corrected chi connectivity index (χ4v) is 3.65. The number of aryl methyl sites for hydroxylation is 2. The lowest BCUT2D eigenvalue weighted by molar-refractivity contribution is -0.118. The van der Waals surface area contributed by atoms with Crippen LogP contribution in [0.15, 0.2) is 85.5 Å². The second-order valence-corrected chi connectivity index (χ2v) is 7.97. The fraction of sp³-hybridized carbons (Fsp3) is 0.192. The highest BCUT2D eigenvalue weighted by Gasteiger charge is 2.23. The number of anilines is 1. The summed E-state index contributed by atoms with van der Waals surface area (Å²) in [5.74, 6) is -0.0871. The van der Waals surface area contributed by atoms with Gasteiger partial charge in [-0.05, 0) is 61.2 Å². The first-order chi connectivity index (χ1) is 15.5. The highest BCUT2D eigenvalue weighted by molar-refractivity contribution is 5.96. The largest absolute Gasteiger partial charge is 0.324 e. The summed E-state index contributed by atoms with van der Waals surface area (Å²) in [7, 11) is 0. The molecule has 0 aliphatic heterocycles. The Morgan fingerprint density at radius 1 is 0.938 bits per heavy atom. The minimum atomic E-state index is -0.499. The van der Waals surface area contributed by atoms with Crippen LogP contribution in [-0.2, 0) is 4.79 Å². The summed E-state index contributed by atoms with van der Waals surface area (Å²) < 4.78 is 1.71. The molecule has 0 aliphatic rings. The third-order valence-corrected chi connectivity index (χ3v) is 5.54. The zero-order valence-corrected chi connectivity index (χ0v) is 18.5. The van der Waals surface area contributed by atoms with E-state index >= 15 is 0 Å². The van der Waals surface area contributed by atoms with Gasteiger partial charge in [-0.15, -0.1) is 0 Å². The number of amides is 1. The van der Waals surface area contributed by atoms with Gasteiger partial charge in [0, 0.05) is 11.7 Å². The standard InChI is InChI=1S/C26H27N5O/c1-18-9-10-19(2)24(15-18)30-26(32)25(22-7-5-4-6-8-22)29-20(3)21-11-13-23(14-12-21)31-17-27-16-28-31/h4-17,20,25,29H,1-3H3,(H,30,32)/t20-,25+/m1/s1. The quantitative estimate of drug-likeness (QED) is 0.441. The Morgan fingerprint density at radius 2 is 1.69 bits per heavy atom. The molecule has 6 heteroatoms. The molecule has 4 rings (SSSR count). The van der Waals surface area contributed by atoms with Crippen LogP contribution in [0.3, 0.4) is 0 Å². The molecule has 0 bridgehead atoms. The molecular weight excluding hydrogens is 398 g/mol. The first-order valence-electron chi connectivity index (χ1n) is 10.7. The molecule has 2 N–H and O–H groups in total. The number of nitrogens with zero attached hydrogens (tertiary/aromatic N) is 3. The van der Waals surface area contributed by atoms with Gasteiger partial charge >= 0.3 is 0 Å². The van der Waals surface area contributed by atoms with Crippen molar-refractivity contribution >= 4 is 11.6 Å². The number of aromatic nitrogens is 3. The molecule has 0 unspecified atom stereocenters. The van der Waals surface area contributed by atoms with E-state index < -0.39 is 6.04 Å². The number of benzene rings is 3. The van der Waals surface area contributed by atoms with Gasteiger partial charge in [-0.3, -0.25) is 10.1 Å². The lowest BCUT2D eigenvalue weighted by Crippen LogP contribution is -2.34. The van der Waals surface area contributed by atoms with Crippen LogP contribution in [0.25, 0.3) is 5.69 Å². The topological polar surface area (TPSA) is 71.8 Å². The second-order valence-electron chi connectivity index (χ2n) is 7.97. The number of nitrogens with one attached hydrogen (secondary N) is 2. The average molecular weight is 426 g/mol. The van der Waals surface area contributed by atoms with Gasteiger partial charge in [-0.2, -0.15) is 5.10 Å². The van der Waals surface area contributed by atoms with Crippen molar-refractivity contribution in [3.8, 4) is 5.69 Å². The van der Waals surface area contributed by atoms with Crippen molar-refractivity contribution in [1.82, 2.24) is 20.1 Å². The smallest absolute Gasteiger partial charge is 0.246 e. The fourth-order valence-electron chi connectivity index (χ4n) is 3.65. The third-order valence-electron chi connectivity index (χ3n) is 5.54. The second kappa shape index (κ2) is 9.58. The maximum atomic E-state index is 13.4. The van der Waals surface area contributed by atoms with Crippen molar-refractivity contribution in [3.63, 3.8) is 0 Å². The van der Waals surface area contributed by atoms with E-state index in [-0.39, 0.29) is 11.9 Å². The molecule has 0 radical (unpaired) electrons. The molecule has 32 heavy (non-hydrogen) atoms. The van der Waals surface area contributed by atoms with Gasteiger partial charge < -0.3 is 5.32 Å². The molecule has 6 nitrogen and oxygen atoms in total. The van der Waals surface area contributed by atoms with Crippen LogP contribution < -0.4 is 10.6 Å². The van der Waals surface area contributed by atoms with Crippen LogP contribution in [0.2, 0.25) is 0 Å². The first-order valence-corrected chi connectivity index (χ1v) is 10.7. The molecule has 0 saturated carbocycles. The Balaban J connectivity index is 1.55. The third kappa shape index (κ3) is 4.92. The molecule has 2 atom stereocenters. The molecule has 1 heterocycles. The van der Waals surface area contributed by atoms with Crippen LogP contribution >= 0.6 is 0 Å². The van der Waals surface area contributed by atoms with Crippen LogP contribution in [0.1, 0.15) is 41.3 Å². The molecule has 3 aromatic carbocycles. The number of rotatable bonds is 7. The van der Waals surface area contributed by atoms with Crippen molar-refractivity contribution in [2.24, 2.45) is 0 Å². The van der Waals surface area contributed by atoms with Crippen molar-refractivity contribution < 1.29 is 4.79 Å². The number of hydrogen-bond acceptors (Lipinski definition) is 4. The number of carbonyl (C=O) groups excluding carboxylic acids is 1. The van der Waals surface area contributed by atoms with Gasteiger partial charge in [-0.25, -0.2) is 9.67 Å². The molecule has 162 valence electrons. The van der Waals surface area contributed by atoms with Gasteiger partial charge in [0.1, 0.15) is 18.7 Å². The van der Waals surface area contributed by atoms with Crippen LogP contribution in [-0.4, -0.2) is 20.7 Å². The van der Waals surface area contributed by atoms with Crippen LogP contribution in [0.5, 0.6) is 0 Å². The zero-order chi connectivity index (χ0) is 22.5. The first kappa shape index (κ1) is 21.5. The predicted molar refractivity (Wildman–Crippen MR) is 127 cm³/mol. The number of hydrogen-bond donors (Lipinski definition) is 2. The van der Waals surface area contributed by atoms with E-state index in [1.807, 2.05) is 86.6 Å². The molecule has 0 aliphatic carbocycles. The van der Waals surface area contributed by atoms with Crippen molar-refractivity contribution in [2.45, 2.75) is 32.9 Å². The van der Waals surface area contributed by atoms with Gasteiger partial charge in [0.15, 0.2) is 0 Å². The summed E-state index contributed by atoms with van der Waals surface area (Å²) in [6.45, 7) is 6.08. The van der Waals surface area contributed by atoms with E-state index in [0.29, 0.717) is 0 Å². The van der Waals surface area contributed by atoms with E-state index in [9.17, 15) is 4.79 Å². The monoisotopic (exact) mass is 425 g/mol. The predicted octanol–water partition coefficient (Wildman–Crippen LogP) is 4.91. The minimum absolute atomic E-state index is 0.0469. The van der Waals surface area contributed by atoms with Crippen LogP contribution in [0, 0.1) is 13.8 Å². The summed E-state index contributed by atoms with van der Waals surface area (Å²) in [6.07, 6.45) is 3.18. The normalized spacial score (nSPS) is 12.8. The Hall–Kier alpha value is -3.77. The van der Waals surface area contributed by atoms with Crippen molar-refractivity contribution in [3.05, 3.63) is 108 Å². The Bertz CT molecular complexity index is 1170. The Labute approximate surface area is 188 Å². The van der Waals surface area contributed by atoms with Gasteiger partial charge in [0.25, 0.3) is 0 Å². The lowest BCUT2D eigenvalue weighted by atomic mass is 10.0. The number of carbonyl (C=O) groups is 1. The Morgan fingerprint density at radius 3 is 2.38 bits per heavy atom. The van der Waals surface area contributed by atoms with Crippen molar-refractivity contribution in [1.29, 1.82) is 0 Å². The molecule has 1 amide bonds. The van der Waals surface area contributed by atoms with Gasteiger partial charge in [0.05, 0.1) is 5.69 Å². The van der Waals surface area contributed by atoms with E-state index in [0.717, 1.165) is 33.6 Å². The molecule has 4 aromatic rings. The van der Waals surface area contributed by atoms with E-state index in [1.54, 1.807) is 11.0 Å². The van der Waals surface area contributed by atoms with Crippen molar-refractivity contribution in [2.75, 3.05) is 5.32 Å². The molecule has 0 fully saturated rings. The van der Waals surface area contributed by atoms with E-state index in [4.69, 9.17) is 0 Å². The maximum Gasteiger partial charge on any atom is 0.246 e. The van der Waals surface area contributed by atoms with E-state index in [1.165, 1.54) is 6.33 Å². The maximum absolute atomic E-state index is 13.4. The molecular formula is C26H27N5O. The summed E-state index contributed by atoms with van der Waals surface area (Å²) in [5.41, 5.74) is 5.91. The molecule has 0 spiro atoms. The summed E-state index contributed by atoms with van der Waals surface area (Å²) >= 11 is 0. The highest BCUT2D eigenvalue weighted by atomic mass is 16.2. The lowest BCUT2D eigenvalue weighted by Gasteiger charge is -2.24. The minimum Gasteiger partial charge on any atom is -0.324 e. The highest BCUT2D eigenvalue weighted by Crippen LogP contribution is 2.24. The average Bonchev–Trinajstić information content (AvgIpc) is 3.35. The van der Waals surface area contributed by atoms with Gasteiger partial charge in [0.2, 0.25) is 5.91 Å². The zero-order valence-electron chi connectivity index (χ0n) is 18.5. The SMILES string of the molecule is Cc1ccc(C)c(NC(=O)[C@@H](N[C@H](C)c2ccc(-n3cncn3)cc2)c2ccccc2)c1. The van der Waals surface area contributed by atoms with Gasteiger partial charge in [-0.1, -0.05) is 54.6 Å². The van der Waals surface area contributed by atoms with Crippen LogP contribution in [0.4, 0.5) is 5.69 Å². The molecule has 1 aromatic heterocycles. The molecule has 0 saturated heterocycles. The summed E-state index contributed by atoms with van der Waals surface area (Å²) in [4.78, 5) is 17.4. The Kier molecular flexibility index (Phi) is 6.42.